The van der Waals surface area contributed by atoms with Crippen LogP contribution in [0, 0.1) is 5.92 Å². The van der Waals surface area contributed by atoms with Crippen LogP contribution in [-0.4, -0.2) is 25.3 Å². The van der Waals surface area contributed by atoms with Crippen molar-refractivity contribution in [2.24, 2.45) is 5.92 Å². The van der Waals surface area contributed by atoms with Crippen LogP contribution >= 0.6 is 0 Å². The van der Waals surface area contributed by atoms with Gasteiger partial charge < -0.3 is 14.8 Å². The van der Waals surface area contributed by atoms with Crippen LogP contribution in [0.2, 0.25) is 0 Å². The molecule has 0 radical (unpaired) electrons. The Morgan fingerprint density at radius 2 is 1.62 bits per heavy atom. The Balaban J connectivity index is 2.83. The zero-order valence-electron chi connectivity index (χ0n) is 14.6. The SMILES string of the molecule is COc1ccc(C(CNC(C)(C)C)OC(C)C(C)C)cc1. The van der Waals surface area contributed by atoms with E-state index in [0.717, 1.165) is 12.3 Å². The molecule has 3 nitrogen and oxygen atoms in total. The molecular weight excluding hydrogens is 262 g/mol. The highest BCUT2D eigenvalue weighted by atomic mass is 16.5. The van der Waals surface area contributed by atoms with Crippen molar-refractivity contribution in [2.75, 3.05) is 13.7 Å². The van der Waals surface area contributed by atoms with Gasteiger partial charge in [-0.3, -0.25) is 0 Å². The van der Waals surface area contributed by atoms with E-state index >= 15 is 0 Å². The quantitative estimate of drug-likeness (QED) is 0.818. The third kappa shape index (κ3) is 6.49. The van der Waals surface area contributed by atoms with Gasteiger partial charge in [-0.15, -0.1) is 0 Å². The fraction of sp³-hybridized carbons (Fsp3) is 0.667. The summed E-state index contributed by atoms with van der Waals surface area (Å²) in [6, 6.07) is 8.15. The predicted octanol–water partition coefficient (Wildman–Crippen LogP) is 4.19. The van der Waals surface area contributed by atoms with E-state index < -0.39 is 0 Å². The van der Waals surface area contributed by atoms with Crippen LogP contribution in [0.5, 0.6) is 5.75 Å². The molecule has 2 unspecified atom stereocenters. The Kier molecular flexibility index (Phi) is 6.69. The van der Waals surface area contributed by atoms with Gasteiger partial charge in [-0.25, -0.2) is 0 Å². The first kappa shape index (κ1) is 18.0. The monoisotopic (exact) mass is 293 g/mol. The Hall–Kier alpha value is -1.06. The van der Waals surface area contributed by atoms with Crippen LogP contribution in [0.3, 0.4) is 0 Å². The number of hydrogen-bond donors (Lipinski definition) is 1. The van der Waals surface area contributed by atoms with E-state index in [0.29, 0.717) is 5.92 Å². The molecule has 0 heterocycles. The first-order valence-corrected chi connectivity index (χ1v) is 7.77. The molecule has 1 rings (SSSR count). The minimum Gasteiger partial charge on any atom is -0.497 e. The summed E-state index contributed by atoms with van der Waals surface area (Å²) in [5.41, 5.74) is 1.26. The lowest BCUT2D eigenvalue weighted by Crippen LogP contribution is -2.39. The third-order valence-corrected chi connectivity index (χ3v) is 3.62. The second-order valence-electron chi connectivity index (χ2n) is 6.98. The summed E-state index contributed by atoms with van der Waals surface area (Å²) in [7, 11) is 1.69. The number of benzene rings is 1. The molecule has 0 aliphatic rings. The van der Waals surface area contributed by atoms with Crippen molar-refractivity contribution in [1.82, 2.24) is 5.32 Å². The molecule has 2 atom stereocenters. The van der Waals surface area contributed by atoms with Crippen LogP contribution in [-0.2, 0) is 4.74 Å². The van der Waals surface area contributed by atoms with Crippen molar-refractivity contribution in [3.05, 3.63) is 29.8 Å². The van der Waals surface area contributed by atoms with Gasteiger partial charge in [-0.2, -0.15) is 0 Å². The van der Waals surface area contributed by atoms with Crippen molar-refractivity contribution in [2.45, 2.75) is 59.3 Å². The maximum Gasteiger partial charge on any atom is 0.118 e. The molecule has 0 amide bonds. The van der Waals surface area contributed by atoms with Crippen molar-refractivity contribution in [1.29, 1.82) is 0 Å². The molecule has 0 saturated carbocycles. The molecule has 21 heavy (non-hydrogen) atoms. The number of rotatable bonds is 7. The first-order valence-electron chi connectivity index (χ1n) is 7.77. The van der Waals surface area contributed by atoms with Crippen molar-refractivity contribution in [3.8, 4) is 5.75 Å². The van der Waals surface area contributed by atoms with Crippen LogP contribution in [0.25, 0.3) is 0 Å². The Morgan fingerprint density at radius 3 is 2.05 bits per heavy atom. The molecule has 0 spiro atoms. The largest absolute Gasteiger partial charge is 0.497 e. The summed E-state index contributed by atoms with van der Waals surface area (Å²) < 4.78 is 11.5. The third-order valence-electron chi connectivity index (χ3n) is 3.62. The average molecular weight is 293 g/mol. The van der Waals surface area contributed by atoms with E-state index in [9.17, 15) is 0 Å². The van der Waals surface area contributed by atoms with Crippen molar-refractivity contribution >= 4 is 0 Å². The van der Waals surface area contributed by atoms with E-state index in [1.165, 1.54) is 5.56 Å². The average Bonchev–Trinajstić information content (AvgIpc) is 2.42. The maximum atomic E-state index is 6.26. The zero-order chi connectivity index (χ0) is 16.0. The number of nitrogens with one attached hydrogen (secondary N) is 1. The molecule has 1 N–H and O–H groups in total. The first-order chi connectivity index (χ1) is 9.73. The molecule has 120 valence electrons. The normalized spacial score (nSPS) is 15.0. The molecule has 0 fully saturated rings. The fourth-order valence-electron chi connectivity index (χ4n) is 1.88. The lowest BCUT2D eigenvalue weighted by Gasteiger charge is -2.29. The Morgan fingerprint density at radius 1 is 1.05 bits per heavy atom. The second kappa shape index (κ2) is 7.81. The van der Waals surface area contributed by atoms with Gasteiger partial charge in [-0.1, -0.05) is 26.0 Å². The highest BCUT2D eigenvalue weighted by Gasteiger charge is 2.20. The zero-order valence-corrected chi connectivity index (χ0v) is 14.6. The van der Waals surface area contributed by atoms with E-state index in [1.54, 1.807) is 7.11 Å². The van der Waals surface area contributed by atoms with Crippen molar-refractivity contribution in [3.63, 3.8) is 0 Å². The van der Waals surface area contributed by atoms with E-state index in [2.05, 4.69) is 59.0 Å². The summed E-state index contributed by atoms with van der Waals surface area (Å²) in [5, 5.41) is 3.54. The summed E-state index contributed by atoms with van der Waals surface area (Å²) in [4.78, 5) is 0. The highest BCUT2D eigenvalue weighted by Crippen LogP contribution is 2.24. The smallest absolute Gasteiger partial charge is 0.118 e. The van der Waals surface area contributed by atoms with Gasteiger partial charge >= 0.3 is 0 Å². The van der Waals surface area contributed by atoms with E-state index in [4.69, 9.17) is 9.47 Å². The number of hydrogen-bond acceptors (Lipinski definition) is 3. The molecule has 0 saturated heterocycles. The van der Waals surface area contributed by atoms with Crippen LogP contribution in [0.1, 0.15) is 53.2 Å². The maximum absolute atomic E-state index is 6.26. The van der Waals surface area contributed by atoms with Gasteiger partial charge in [0.1, 0.15) is 5.75 Å². The molecule has 0 aliphatic carbocycles. The van der Waals surface area contributed by atoms with Gasteiger partial charge in [0.25, 0.3) is 0 Å². The summed E-state index contributed by atoms with van der Waals surface area (Å²) in [6.07, 6.45) is 0.270. The van der Waals surface area contributed by atoms with E-state index in [-0.39, 0.29) is 17.7 Å². The van der Waals surface area contributed by atoms with Crippen molar-refractivity contribution < 1.29 is 9.47 Å². The van der Waals surface area contributed by atoms with Crippen LogP contribution in [0.4, 0.5) is 0 Å². The molecule has 1 aromatic rings. The highest BCUT2D eigenvalue weighted by molar-refractivity contribution is 5.28. The minimum absolute atomic E-state index is 0.0486. The van der Waals surface area contributed by atoms with E-state index in [1.807, 2.05) is 12.1 Å². The fourth-order valence-corrected chi connectivity index (χ4v) is 1.88. The Labute approximate surface area is 130 Å². The predicted molar refractivity (Wildman–Crippen MR) is 88.9 cm³/mol. The van der Waals surface area contributed by atoms with Gasteiger partial charge in [0.2, 0.25) is 0 Å². The second-order valence-corrected chi connectivity index (χ2v) is 6.98. The molecule has 0 bridgehead atoms. The summed E-state index contributed by atoms with van der Waals surface area (Å²) >= 11 is 0. The van der Waals surface area contributed by atoms with Gasteiger partial charge in [0.05, 0.1) is 19.3 Å². The molecular formula is C18H31NO2. The van der Waals surface area contributed by atoms with Gasteiger partial charge in [0, 0.05) is 12.1 Å². The summed E-state index contributed by atoms with van der Waals surface area (Å²) in [5.74, 6) is 1.37. The molecule has 3 heteroatoms. The number of ether oxygens (including phenoxy) is 2. The minimum atomic E-state index is 0.0486. The molecule has 0 aliphatic heterocycles. The topological polar surface area (TPSA) is 30.5 Å². The van der Waals surface area contributed by atoms with Gasteiger partial charge in [-0.05, 0) is 51.3 Å². The lowest BCUT2D eigenvalue weighted by molar-refractivity contribution is -0.0282. The molecule has 0 aromatic heterocycles. The molecule has 1 aromatic carbocycles. The summed E-state index contributed by atoms with van der Waals surface area (Å²) in [6.45, 7) is 13.8. The number of methoxy groups -OCH3 is 1. The van der Waals surface area contributed by atoms with Crippen LogP contribution in [0.15, 0.2) is 24.3 Å². The Bertz CT molecular complexity index is 406. The van der Waals surface area contributed by atoms with Gasteiger partial charge in [0.15, 0.2) is 0 Å². The standard InChI is InChI=1S/C18H31NO2/c1-13(2)14(3)21-17(12-19-18(4,5)6)15-8-10-16(20-7)11-9-15/h8-11,13-14,17,19H,12H2,1-7H3. The van der Waals surface area contributed by atoms with Crippen LogP contribution < -0.4 is 10.1 Å². The lowest BCUT2D eigenvalue weighted by atomic mass is 10.0.